The highest BCUT2D eigenvalue weighted by Gasteiger charge is 2.11. The van der Waals surface area contributed by atoms with Crippen LogP contribution >= 0.6 is 0 Å². The van der Waals surface area contributed by atoms with Gasteiger partial charge in [-0.05, 0) is 50.0 Å². The van der Waals surface area contributed by atoms with E-state index in [1.807, 2.05) is 0 Å². The van der Waals surface area contributed by atoms with Crippen molar-refractivity contribution in [3.63, 3.8) is 0 Å². The van der Waals surface area contributed by atoms with Gasteiger partial charge in [0.25, 0.3) is 0 Å². The molecule has 2 rings (SSSR count). The first-order chi connectivity index (χ1) is 9.38. The summed E-state index contributed by atoms with van der Waals surface area (Å²) in [6, 6.07) is 9.03. The molecular weight excluding hydrogens is 236 g/mol. The van der Waals surface area contributed by atoms with E-state index in [4.69, 9.17) is 4.74 Å². The number of hydrogen-bond donors (Lipinski definition) is 1. The molecule has 0 amide bonds. The van der Waals surface area contributed by atoms with E-state index in [-0.39, 0.29) is 0 Å². The van der Waals surface area contributed by atoms with E-state index < -0.39 is 0 Å². The third kappa shape index (κ3) is 5.31. The van der Waals surface area contributed by atoms with E-state index in [2.05, 4.69) is 34.5 Å². The van der Waals surface area contributed by atoms with Crippen LogP contribution in [0.15, 0.2) is 24.3 Å². The molecular formula is C16H26N2O. The van der Waals surface area contributed by atoms with Crippen LogP contribution in [-0.2, 0) is 17.8 Å². The Bertz CT molecular complexity index is 344. The molecule has 3 nitrogen and oxygen atoms in total. The van der Waals surface area contributed by atoms with Crippen molar-refractivity contribution in [2.24, 2.45) is 0 Å². The second-order valence-corrected chi connectivity index (χ2v) is 5.32. The first kappa shape index (κ1) is 14.5. The maximum atomic E-state index is 5.03. The molecule has 1 heterocycles. The van der Waals surface area contributed by atoms with Crippen molar-refractivity contribution in [1.29, 1.82) is 0 Å². The summed E-state index contributed by atoms with van der Waals surface area (Å²) in [5.41, 5.74) is 2.80. The lowest BCUT2D eigenvalue weighted by molar-refractivity contribution is 0.194. The summed E-state index contributed by atoms with van der Waals surface area (Å²) < 4.78 is 5.03. The molecule has 0 saturated carbocycles. The van der Waals surface area contributed by atoms with Crippen LogP contribution in [0.1, 0.15) is 30.4 Å². The predicted molar refractivity (Wildman–Crippen MR) is 79.2 cm³/mol. The lowest BCUT2D eigenvalue weighted by Crippen LogP contribution is -2.18. The summed E-state index contributed by atoms with van der Waals surface area (Å²) in [6.07, 6.45) is 3.80. The fourth-order valence-corrected chi connectivity index (χ4v) is 2.54. The number of nitrogens with one attached hydrogen (secondary N) is 1. The van der Waals surface area contributed by atoms with Gasteiger partial charge in [-0.2, -0.15) is 0 Å². The fourth-order valence-electron chi connectivity index (χ4n) is 2.54. The standard InChI is InChI=1S/C16H26N2O/c1-19-12-4-9-17-13-15-5-7-16(8-6-15)14-18-10-2-3-11-18/h5-8,17H,2-4,9-14H2,1H3. The average Bonchev–Trinajstić information content (AvgIpc) is 2.93. The molecule has 1 aliphatic rings. The van der Waals surface area contributed by atoms with Gasteiger partial charge in [0, 0.05) is 26.8 Å². The smallest absolute Gasteiger partial charge is 0.0474 e. The maximum Gasteiger partial charge on any atom is 0.0474 e. The van der Waals surface area contributed by atoms with Gasteiger partial charge >= 0.3 is 0 Å². The van der Waals surface area contributed by atoms with Crippen molar-refractivity contribution in [3.8, 4) is 0 Å². The van der Waals surface area contributed by atoms with Crippen molar-refractivity contribution in [3.05, 3.63) is 35.4 Å². The molecule has 0 spiro atoms. The van der Waals surface area contributed by atoms with Crippen LogP contribution in [0, 0.1) is 0 Å². The molecule has 0 bridgehead atoms. The minimum atomic E-state index is 0.835. The molecule has 1 aromatic rings. The van der Waals surface area contributed by atoms with E-state index in [1.54, 1.807) is 7.11 Å². The molecule has 1 aliphatic heterocycles. The van der Waals surface area contributed by atoms with E-state index in [0.717, 1.165) is 32.7 Å². The Morgan fingerprint density at radius 3 is 2.47 bits per heavy atom. The minimum Gasteiger partial charge on any atom is -0.385 e. The van der Waals surface area contributed by atoms with E-state index in [1.165, 1.54) is 37.1 Å². The molecule has 0 unspecified atom stereocenters. The first-order valence-electron chi connectivity index (χ1n) is 7.38. The van der Waals surface area contributed by atoms with Gasteiger partial charge in [-0.3, -0.25) is 4.90 Å². The van der Waals surface area contributed by atoms with Gasteiger partial charge in [-0.1, -0.05) is 24.3 Å². The number of hydrogen-bond acceptors (Lipinski definition) is 3. The number of rotatable bonds is 8. The Labute approximate surface area is 116 Å². The van der Waals surface area contributed by atoms with Gasteiger partial charge in [-0.25, -0.2) is 0 Å². The Morgan fingerprint density at radius 2 is 1.79 bits per heavy atom. The van der Waals surface area contributed by atoms with Crippen molar-refractivity contribution < 1.29 is 4.74 Å². The number of ether oxygens (including phenoxy) is 1. The van der Waals surface area contributed by atoms with E-state index >= 15 is 0 Å². The number of benzene rings is 1. The summed E-state index contributed by atoms with van der Waals surface area (Å²) >= 11 is 0. The Morgan fingerprint density at radius 1 is 1.11 bits per heavy atom. The van der Waals surface area contributed by atoms with E-state index in [0.29, 0.717) is 0 Å². The summed E-state index contributed by atoms with van der Waals surface area (Å²) in [7, 11) is 1.75. The zero-order valence-electron chi connectivity index (χ0n) is 12.0. The highest BCUT2D eigenvalue weighted by Crippen LogP contribution is 2.13. The molecule has 106 valence electrons. The van der Waals surface area contributed by atoms with Crippen LogP contribution in [0.25, 0.3) is 0 Å². The van der Waals surface area contributed by atoms with Crippen LogP contribution in [0.4, 0.5) is 0 Å². The predicted octanol–water partition coefficient (Wildman–Crippen LogP) is 2.41. The summed E-state index contributed by atoms with van der Waals surface area (Å²) in [6.45, 7) is 6.45. The summed E-state index contributed by atoms with van der Waals surface area (Å²) in [5, 5.41) is 3.44. The molecule has 1 aromatic carbocycles. The molecule has 1 saturated heterocycles. The van der Waals surface area contributed by atoms with Gasteiger partial charge in [0.05, 0.1) is 0 Å². The number of likely N-dealkylation sites (tertiary alicyclic amines) is 1. The monoisotopic (exact) mass is 262 g/mol. The number of methoxy groups -OCH3 is 1. The molecule has 1 N–H and O–H groups in total. The van der Waals surface area contributed by atoms with Gasteiger partial charge in [0.2, 0.25) is 0 Å². The Balaban J connectivity index is 1.68. The summed E-state index contributed by atoms with van der Waals surface area (Å²) in [5.74, 6) is 0. The van der Waals surface area contributed by atoms with Gasteiger partial charge < -0.3 is 10.1 Å². The van der Waals surface area contributed by atoms with Gasteiger partial charge in [0.1, 0.15) is 0 Å². The molecule has 19 heavy (non-hydrogen) atoms. The molecule has 0 radical (unpaired) electrons. The molecule has 0 aliphatic carbocycles. The topological polar surface area (TPSA) is 24.5 Å². The Hall–Kier alpha value is -0.900. The quantitative estimate of drug-likeness (QED) is 0.728. The highest BCUT2D eigenvalue weighted by atomic mass is 16.5. The third-order valence-electron chi connectivity index (χ3n) is 3.66. The van der Waals surface area contributed by atoms with E-state index in [9.17, 15) is 0 Å². The van der Waals surface area contributed by atoms with Crippen molar-refractivity contribution in [2.75, 3.05) is 33.4 Å². The molecule has 1 fully saturated rings. The van der Waals surface area contributed by atoms with Crippen molar-refractivity contribution >= 4 is 0 Å². The van der Waals surface area contributed by atoms with Crippen LogP contribution < -0.4 is 5.32 Å². The molecule has 0 atom stereocenters. The third-order valence-corrected chi connectivity index (χ3v) is 3.66. The second kappa shape index (κ2) is 8.31. The van der Waals surface area contributed by atoms with Crippen molar-refractivity contribution in [1.82, 2.24) is 10.2 Å². The van der Waals surface area contributed by atoms with Gasteiger partial charge in [0.15, 0.2) is 0 Å². The minimum absolute atomic E-state index is 0.835. The number of nitrogens with zero attached hydrogens (tertiary/aromatic N) is 1. The highest BCUT2D eigenvalue weighted by molar-refractivity contribution is 5.22. The zero-order chi connectivity index (χ0) is 13.3. The van der Waals surface area contributed by atoms with Crippen LogP contribution in [-0.4, -0.2) is 38.3 Å². The second-order valence-electron chi connectivity index (χ2n) is 5.32. The lowest BCUT2D eigenvalue weighted by Gasteiger charge is -2.14. The van der Waals surface area contributed by atoms with Crippen LogP contribution in [0.2, 0.25) is 0 Å². The SMILES string of the molecule is COCCCNCc1ccc(CN2CCCC2)cc1. The fraction of sp³-hybridized carbons (Fsp3) is 0.625. The van der Waals surface area contributed by atoms with Gasteiger partial charge in [-0.15, -0.1) is 0 Å². The first-order valence-corrected chi connectivity index (χ1v) is 7.38. The average molecular weight is 262 g/mol. The zero-order valence-corrected chi connectivity index (χ0v) is 12.0. The summed E-state index contributed by atoms with van der Waals surface area (Å²) in [4.78, 5) is 2.54. The molecule has 3 heteroatoms. The Kier molecular flexibility index (Phi) is 6.34. The largest absolute Gasteiger partial charge is 0.385 e. The lowest BCUT2D eigenvalue weighted by atomic mass is 10.1. The van der Waals surface area contributed by atoms with Crippen molar-refractivity contribution in [2.45, 2.75) is 32.4 Å². The van der Waals surface area contributed by atoms with Crippen LogP contribution in [0.3, 0.4) is 0 Å². The molecule has 0 aromatic heterocycles. The maximum absolute atomic E-state index is 5.03. The van der Waals surface area contributed by atoms with Crippen LogP contribution in [0.5, 0.6) is 0 Å². The normalized spacial score (nSPS) is 16.1.